The molecule has 2 aromatic carbocycles. The zero-order chi connectivity index (χ0) is 23.3. The number of hydrogen-bond acceptors (Lipinski definition) is 3. The monoisotopic (exact) mass is 453 g/mol. The van der Waals surface area contributed by atoms with Crippen LogP contribution in [0.4, 0.5) is 8.78 Å². The number of alkyl halides is 2. The van der Waals surface area contributed by atoms with E-state index in [-0.39, 0.29) is 28.9 Å². The smallest absolute Gasteiger partial charge is 0.263 e. The van der Waals surface area contributed by atoms with Crippen molar-refractivity contribution in [2.75, 3.05) is 0 Å². The number of carbonyl (C=O) groups excluding carboxylic acids is 2. The van der Waals surface area contributed by atoms with Crippen LogP contribution >= 0.6 is 0 Å². The molecule has 33 heavy (non-hydrogen) atoms. The summed E-state index contributed by atoms with van der Waals surface area (Å²) in [6.45, 7) is 1.93. The lowest BCUT2D eigenvalue weighted by atomic mass is 9.52. The summed E-state index contributed by atoms with van der Waals surface area (Å²) in [5, 5.41) is 14.0. The van der Waals surface area contributed by atoms with E-state index in [1.165, 1.54) is 24.3 Å². The molecule has 4 aliphatic rings. The molecular formula is C27H29F2NO3. The van der Waals surface area contributed by atoms with Gasteiger partial charge in [0.2, 0.25) is 0 Å². The second kappa shape index (κ2) is 8.32. The van der Waals surface area contributed by atoms with E-state index < -0.39 is 12.0 Å². The van der Waals surface area contributed by atoms with Gasteiger partial charge in [0.15, 0.2) is 5.78 Å². The summed E-state index contributed by atoms with van der Waals surface area (Å²) in [4.78, 5) is 26.1. The van der Waals surface area contributed by atoms with Crippen molar-refractivity contribution in [3.63, 3.8) is 0 Å². The standard InChI is InChI=1S/C27H29F2NO3/c1-2-16-10-18(24(31)17-4-3-5-19(11-17)25(28)29)6-7-22(16)26(32)30-23-20-8-15-9-21(23)14-27(33,12-15)13-20/h3-7,10-11,15,20-21,23,25,33H,2,8-9,12-14H2,1H3,(H,30,32). The van der Waals surface area contributed by atoms with Crippen molar-refractivity contribution >= 4 is 11.7 Å². The SMILES string of the molecule is CCc1cc(C(=O)c2cccc(C(F)F)c2)ccc1C(=O)NC1C2CC3CC1CC(O)(C3)C2. The molecule has 2 N–H and O–H groups in total. The number of ketones is 1. The van der Waals surface area contributed by atoms with E-state index >= 15 is 0 Å². The van der Waals surface area contributed by atoms with Crippen molar-refractivity contribution < 1.29 is 23.5 Å². The Balaban J connectivity index is 1.35. The van der Waals surface area contributed by atoms with Crippen molar-refractivity contribution in [3.05, 3.63) is 70.3 Å². The van der Waals surface area contributed by atoms with Crippen LogP contribution in [0, 0.1) is 17.8 Å². The molecule has 0 spiro atoms. The van der Waals surface area contributed by atoms with Crippen LogP contribution in [0.15, 0.2) is 42.5 Å². The minimum absolute atomic E-state index is 0.0810. The molecule has 1 amide bonds. The first kappa shape index (κ1) is 22.2. The minimum atomic E-state index is -2.64. The van der Waals surface area contributed by atoms with Gasteiger partial charge in [0.1, 0.15) is 0 Å². The molecule has 6 rings (SSSR count). The van der Waals surface area contributed by atoms with Crippen LogP contribution in [0.25, 0.3) is 0 Å². The van der Waals surface area contributed by atoms with Gasteiger partial charge in [0, 0.05) is 28.3 Å². The zero-order valence-corrected chi connectivity index (χ0v) is 18.7. The van der Waals surface area contributed by atoms with E-state index in [1.807, 2.05) is 6.92 Å². The van der Waals surface area contributed by atoms with E-state index in [9.17, 15) is 23.5 Å². The minimum Gasteiger partial charge on any atom is -0.390 e. The summed E-state index contributed by atoms with van der Waals surface area (Å²) in [6, 6.07) is 10.6. The van der Waals surface area contributed by atoms with E-state index in [4.69, 9.17) is 0 Å². The van der Waals surface area contributed by atoms with Gasteiger partial charge in [-0.15, -0.1) is 0 Å². The number of hydrogen-bond donors (Lipinski definition) is 2. The second-order valence-electron chi connectivity index (χ2n) is 10.2. The fourth-order valence-corrected chi connectivity index (χ4v) is 6.68. The van der Waals surface area contributed by atoms with Crippen molar-refractivity contribution in [2.45, 2.75) is 63.5 Å². The average Bonchev–Trinajstić information content (AvgIpc) is 2.79. The normalized spacial score (nSPS) is 30.0. The van der Waals surface area contributed by atoms with Crippen molar-refractivity contribution in [2.24, 2.45) is 17.8 Å². The van der Waals surface area contributed by atoms with Crippen LogP contribution in [0.5, 0.6) is 0 Å². The summed E-state index contributed by atoms with van der Waals surface area (Å²) in [5.41, 5.74) is 1.16. The fraction of sp³-hybridized carbons (Fsp3) is 0.481. The highest BCUT2D eigenvalue weighted by molar-refractivity contribution is 6.09. The molecule has 2 atom stereocenters. The Bertz CT molecular complexity index is 1080. The Morgan fingerprint density at radius 3 is 2.39 bits per heavy atom. The first-order valence-corrected chi connectivity index (χ1v) is 11.9. The molecule has 2 unspecified atom stereocenters. The lowest BCUT2D eigenvalue weighted by molar-refractivity contribution is -0.136. The molecular weight excluding hydrogens is 424 g/mol. The van der Waals surface area contributed by atoms with Gasteiger partial charge in [-0.05, 0) is 80.0 Å². The maximum absolute atomic E-state index is 13.2. The Morgan fingerprint density at radius 1 is 1.06 bits per heavy atom. The summed E-state index contributed by atoms with van der Waals surface area (Å²) >= 11 is 0. The highest BCUT2D eigenvalue weighted by Crippen LogP contribution is 2.55. The van der Waals surface area contributed by atoms with Crippen LogP contribution in [0.1, 0.15) is 82.9 Å². The topological polar surface area (TPSA) is 66.4 Å². The fourth-order valence-electron chi connectivity index (χ4n) is 6.68. The summed E-state index contributed by atoms with van der Waals surface area (Å²) < 4.78 is 26.1. The van der Waals surface area contributed by atoms with E-state index in [1.54, 1.807) is 18.2 Å². The van der Waals surface area contributed by atoms with Crippen LogP contribution in [-0.4, -0.2) is 28.4 Å². The number of aryl methyl sites for hydroxylation is 1. The maximum atomic E-state index is 13.2. The Morgan fingerprint density at radius 2 is 1.76 bits per heavy atom. The van der Waals surface area contributed by atoms with Gasteiger partial charge in [-0.3, -0.25) is 9.59 Å². The molecule has 0 saturated heterocycles. The predicted octanol–water partition coefficient (Wildman–Crippen LogP) is 5.09. The zero-order valence-electron chi connectivity index (χ0n) is 18.7. The molecule has 4 nitrogen and oxygen atoms in total. The lowest BCUT2D eigenvalue weighted by Crippen LogP contribution is -2.61. The molecule has 4 saturated carbocycles. The van der Waals surface area contributed by atoms with Gasteiger partial charge in [0.05, 0.1) is 5.60 Å². The maximum Gasteiger partial charge on any atom is 0.263 e. The molecule has 0 radical (unpaired) electrons. The molecule has 0 aliphatic heterocycles. The highest BCUT2D eigenvalue weighted by atomic mass is 19.3. The first-order chi connectivity index (χ1) is 15.8. The number of benzene rings is 2. The molecule has 174 valence electrons. The third-order valence-corrected chi connectivity index (χ3v) is 7.93. The van der Waals surface area contributed by atoms with E-state index in [0.29, 0.717) is 35.3 Å². The highest BCUT2D eigenvalue weighted by Gasteiger charge is 2.55. The number of amides is 1. The molecule has 6 heteroatoms. The van der Waals surface area contributed by atoms with E-state index in [0.717, 1.165) is 37.7 Å². The molecule has 0 heterocycles. The third kappa shape index (κ3) is 4.10. The largest absolute Gasteiger partial charge is 0.390 e. The first-order valence-electron chi connectivity index (χ1n) is 11.9. The van der Waals surface area contributed by atoms with Crippen LogP contribution < -0.4 is 5.32 Å². The average molecular weight is 454 g/mol. The quantitative estimate of drug-likeness (QED) is 0.599. The second-order valence-corrected chi connectivity index (χ2v) is 10.2. The number of halogens is 2. The van der Waals surface area contributed by atoms with Gasteiger partial charge in [-0.2, -0.15) is 0 Å². The molecule has 2 aromatic rings. The van der Waals surface area contributed by atoms with Gasteiger partial charge in [-0.25, -0.2) is 8.78 Å². The number of carbonyl (C=O) groups is 2. The molecule has 4 bridgehead atoms. The molecule has 0 aromatic heterocycles. The summed E-state index contributed by atoms with van der Waals surface area (Å²) in [6.07, 6.45) is 2.48. The Kier molecular flexibility index (Phi) is 5.60. The van der Waals surface area contributed by atoms with Gasteiger partial charge >= 0.3 is 0 Å². The van der Waals surface area contributed by atoms with E-state index in [2.05, 4.69) is 5.32 Å². The van der Waals surface area contributed by atoms with Gasteiger partial charge in [-0.1, -0.05) is 31.2 Å². The van der Waals surface area contributed by atoms with Crippen molar-refractivity contribution in [1.82, 2.24) is 5.32 Å². The Hall–Kier alpha value is -2.60. The Labute approximate surface area is 192 Å². The van der Waals surface area contributed by atoms with Crippen LogP contribution in [-0.2, 0) is 6.42 Å². The third-order valence-electron chi connectivity index (χ3n) is 7.93. The number of aliphatic hydroxyl groups is 1. The molecule has 4 fully saturated rings. The summed E-state index contributed by atoms with van der Waals surface area (Å²) in [7, 11) is 0. The van der Waals surface area contributed by atoms with Crippen LogP contribution in [0.3, 0.4) is 0 Å². The summed E-state index contributed by atoms with van der Waals surface area (Å²) in [5.74, 6) is 0.723. The van der Waals surface area contributed by atoms with Crippen molar-refractivity contribution in [3.8, 4) is 0 Å². The number of nitrogens with one attached hydrogen (secondary N) is 1. The molecule has 4 aliphatic carbocycles. The van der Waals surface area contributed by atoms with Crippen molar-refractivity contribution in [1.29, 1.82) is 0 Å². The predicted molar refractivity (Wildman–Crippen MR) is 120 cm³/mol. The van der Waals surface area contributed by atoms with Gasteiger partial charge < -0.3 is 10.4 Å². The van der Waals surface area contributed by atoms with Gasteiger partial charge in [0.25, 0.3) is 12.3 Å². The van der Waals surface area contributed by atoms with Crippen LogP contribution in [0.2, 0.25) is 0 Å². The lowest BCUT2D eigenvalue weighted by Gasteiger charge is -2.58. The number of rotatable bonds is 6.